The van der Waals surface area contributed by atoms with E-state index in [0.717, 1.165) is 6.42 Å². The molecule has 2 aromatic rings. The number of benzene rings is 1. The van der Waals surface area contributed by atoms with Gasteiger partial charge >= 0.3 is 0 Å². The minimum Gasteiger partial charge on any atom is -0.356 e. The van der Waals surface area contributed by atoms with E-state index in [2.05, 4.69) is 17.1 Å². The second kappa shape index (κ2) is 7.12. The van der Waals surface area contributed by atoms with Gasteiger partial charge in [-0.05, 0) is 18.1 Å². The third-order valence-electron chi connectivity index (χ3n) is 3.08. The average molecular weight is 292 g/mol. The van der Waals surface area contributed by atoms with Crippen LogP contribution in [0.2, 0.25) is 5.02 Å². The summed E-state index contributed by atoms with van der Waals surface area (Å²) >= 11 is 5.83. The molecule has 0 saturated heterocycles. The number of hydrogen-bond donors (Lipinski definition) is 2. The quantitative estimate of drug-likeness (QED) is 0.858. The molecule has 1 aromatic carbocycles. The van der Waals surface area contributed by atoms with Crippen LogP contribution in [-0.4, -0.2) is 35.4 Å². The molecule has 20 heavy (non-hydrogen) atoms. The highest BCUT2D eigenvalue weighted by molar-refractivity contribution is 6.30. The topological polar surface area (TPSA) is 62.1 Å². The Hall–Kier alpha value is -1.78. The number of carbonyl (C=O) groups excluding carboxylic acids is 1. The van der Waals surface area contributed by atoms with E-state index in [0.29, 0.717) is 30.4 Å². The highest BCUT2D eigenvalue weighted by Gasteiger charge is 2.16. The first-order valence-corrected chi connectivity index (χ1v) is 6.95. The number of nitrogens with two attached hydrogens (primary N) is 1. The lowest BCUT2D eigenvalue weighted by atomic mass is 10.1. The van der Waals surface area contributed by atoms with Gasteiger partial charge in [-0.3, -0.25) is 4.79 Å². The van der Waals surface area contributed by atoms with Gasteiger partial charge in [-0.2, -0.15) is 0 Å². The minimum absolute atomic E-state index is 0.0710. The van der Waals surface area contributed by atoms with E-state index in [-0.39, 0.29) is 5.91 Å². The van der Waals surface area contributed by atoms with Crippen molar-refractivity contribution < 1.29 is 4.79 Å². The Labute approximate surface area is 123 Å². The number of H-pyrrole nitrogens is 1. The lowest BCUT2D eigenvalue weighted by Crippen LogP contribution is -2.37. The standard InChI is InChI=1S/C15H18ClN3O/c16-13-10-14(18-11-13)15(20)19(9-7-17)8-6-12-4-2-1-3-5-12/h1-5,10-11,18H,6-9,17H2. The monoisotopic (exact) mass is 291 g/mol. The van der Waals surface area contributed by atoms with E-state index in [1.807, 2.05) is 18.2 Å². The second-order valence-electron chi connectivity index (χ2n) is 4.55. The largest absolute Gasteiger partial charge is 0.356 e. The number of aromatic amines is 1. The van der Waals surface area contributed by atoms with Crippen LogP contribution in [0, 0.1) is 0 Å². The number of amides is 1. The number of nitrogens with zero attached hydrogens (tertiary/aromatic N) is 1. The Morgan fingerprint density at radius 3 is 2.60 bits per heavy atom. The molecule has 0 bridgehead atoms. The van der Waals surface area contributed by atoms with Gasteiger partial charge in [-0.25, -0.2) is 0 Å². The van der Waals surface area contributed by atoms with E-state index in [1.165, 1.54) is 5.56 Å². The van der Waals surface area contributed by atoms with Crippen molar-refractivity contribution in [2.24, 2.45) is 5.73 Å². The Balaban J connectivity index is 2.01. The fourth-order valence-electron chi connectivity index (χ4n) is 2.04. The van der Waals surface area contributed by atoms with Gasteiger partial charge in [-0.1, -0.05) is 41.9 Å². The highest BCUT2D eigenvalue weighted by Crippen LogP contribution is 2.12. The Kier molecular flexibility index (Phi) is 5.21. The molecule has 1 amide bonds. The number of hydrogen-bond acceptors (Lipinski definition) is 2. The molecule has 0 fully saturated rings. The van der Waals surface area contributed by atoms with E-state index in [1.54, 1.807) is 17.2 Å². The van der Waals surface area contributed by atoms with Gasteiger partial charge in [0.2, 0.25) is 0 Å². The smallest absolute Gasteiger partial charge is 0.270 e. The third-order valence-corrected chi connectivity index (χ3v) is 3.30. The van der Waals surface area contributed by atoms with Gasteiger partial charge in [0.1, 0.15) is 5.69 Å². The van der Waals surface area contributed by atoms with Gasteiger partial charge in [0.05, 0.1) is 5.02 Å². The van der Waals surface area contributed by atoms with Crippen LogP contribution >= 0.6 is 11.6 Å². The molecule has 5 heteroatoms. The summed E-state index contributed by atoms with van der Waals surface area (Å²) in [6.45, 7) is 1.61. The van der Waals surface area contributed by atoms with Crippen molar-refractivity contribution in [2.45, 2.75) is 6.42 Å². The predicted octanol–water partition coefficient (Wildman–Crippen LogP) is 2.31. The molecule has 0 aliphatic rings. The summed E-state index contributed by atoms with van der Waals surface area (Å²) < 4.78 is 0. The van der Waals surface area contributed by atoms with Crippen LogP contribution < -0.4 is 5.73 Å². The van der Waals surface area contributed by atoms with Crippen molar-refractivity contribution in [3.8, 4) is 0 Å². The summed E-state index contributed by atoms with van der Waals surface area (Å²) in [7, 11) is 0. The van der Waals surface area contributed by atoms with E-state index < -0.39 is 0 Å². The summed E-state index contributed by atoms with van der Waals surface area (Å²) in [5, 5.41) is 0.532. The van der Waals surface area contributed by atoms with Crippen LogP contribution in [0.4, 0.5) is 0 Å². The zero-order valence-electron chi connectivity index (χ0n) is 11.2. The maximum absolute atomic E-state index is 12.3. The first-order valence-electron chi connectivity index (χ1n) is 6.58. The fourth-order valence-corrected chi connectivity index (χ4v) is 2.20. The molecule has 0 saturated carbocycles. The molecule has 0 unspecified atom stereocenters. The van der Waals surface area contributed by atoms with Crippen LogP contribution in [0.5, 0.6) is 0 Å². The van der Waals surface area contributed by atoms with Crippen LogP contribution in [0.1, 0.15) is 16.1 Å². The number of rotatable bonds is 6. The van der Waals surface area contributed by atoms with Crippen LogP contribution in [-0.2, 0) is 6.42 Å². The summed E-state index contributed by atoms with van der Waals surface area (Å²) in [5.74, 6) is -0.0710. The molecule has 4 nitrogen and oxygen atoms in total. The number of aromatic nitrogens is 1. The Morgan fingerprint density at radius 2 is 2.00 bits per heavy atom. The number of carbonyl (C=O) groups is 1. The van der Waals surface area contributed by atoms with Gasteiger partial charge < -0.3 is 15.6 Å². The van der Waals surface area contributed by atoms with Crippen molar-refractivity contribution in [2.75, 3.05) is 19.6 Å². The molecule has 2 rings (SSSR count). The van der Waals surface area contributed by atoms with Crippen molar-refractivity contribution in [1.29, 1.82) is 0 Å². The van der Waals surface area contributed by atoms with Crippen molar-refractivity contribution in [1.82, 2.24) is 9.88 Å². The van der Waals surface area contributed by atoms with Gasteiger partial charge in [-0.15, -0.1) is 0 Å². The first kappa shape index (κ1) is 14.6. The maximum atomic E-state index is 12.3. The molecule has 1 heterocycles. The zero-order chi connectivity index (χ0) is 14.4. The normalized spacial score (nSPS) is 10.5. The zero-order valence-corrected chi connectivity index (χ0v) is 11.9. The average Bonchev–Trinajstić information content (AvgIpc) is 2.90. The van der Waals surface area contributed by atoms with Crippen molar-refractivity contribution >= 4 is 17.5 Å². The molecule has 0 spiro atoms. The molecule has 0 radical (unpaired) electrons. The molecule has 0 aliphatic heterocycles. The molecular weight excluding hydrogens is 274 g/mol. The lowest BCUT2D eigenvalue weighted by Gasteiger charge is -2.21. The van der Waals surface area contributed by atoms with Gasteiger partial charge in [0, 0.05) is 25.8 Å². The predicted molar refractivity (Wildman–Crippen MR) is 80.9 cm³/mol. The minimum atomic E-state index is -0.0710. The Morgan fingerprint density at radius 1 is 1.25 bits per heavy atom. The summed E-state index contributed by atoms with van der Waals surface area (Å²) in [6.07, 6.45) is 2.41. The Bertz CT molecular complexity index is 553. The summed E-state index contributed by atoms with van der Waals surface area (Å²) in [6, 6.07) is 11.7. The highest BCUT2D eigenvalue weighted by atomic mass is 35.5. The molecule has 106 valence electrons. The molecule has 0 aliphatic carbocycles. The van der Waals surface area contributed by atoms with Crippen molar-refractivity contribution in [3.63, 3.8) is 0 Å². The second-order valence-corrected chi connectivity index (χ2v) is 4.98. The van der Waals surface area contributed by atoms with Gasteiger partial charge in [0.25, 0.3) is 5.91 Å². The van der Waals surface area contributed by atoms with E-state index >= 15 is 0 Å². The van der Waals surface area contributed by atoms with Crippen molar-refractivity contribution in [3.05, 3.63) is 58.9 Å². The number of halogens is 1. The molecule has 3 N–H and O–H groups in total. The maximum Gasteiger partial charge on any atom is 0.270 e. The fraction of sp³-hybridized carbons (Fsp3) is 0.267. The van der Waals surface area contributed by atoms with Crippen LogP contribution in [0.25, 0.3) is 0 Å². The van der Waals surface area contributed by atoms with Crippen LogP contribution in [0.15, 0.2) is 42.6 Å². The third kappa shape index (κ3) is 3.85. The summed E-state index contributed by atoms with van der Waals surface area (Å²) in [4.78, 5) is 17.0. The first-order chi connectivity index (χ1) is 9.70. The lowest BCUT2D eigenvalue weighted by molar-refractivity contribution is 0.0757. The van der Waals surface area contributed by atoms with E-state index in [9.17, 15) is 4.79 Å². The number of nitrogens with one attached hydrogen (secondary N) is 1. The molecular formula is C15H18ClN3O. The molecule has 0 atom stereocenters. The SMILES string of the molecule is NCCN(CCc1ccccc1)C(=O)c1cc(Cl)c[nH]1. The van der Waals surface area contributed by atoms with Gasteiger partial charge in [0.15, 0.2) is 0 Å². The summed E-state index contributed by atoms with van der Waals surface area (Å²) in [5.41, 5.74) is 7.29. The van der Waals surface area contributed by atoms with E-state index in [4.69, 9.17) is 17.3 Å². The molecule has 1 aromatic heterocycles. The van der Waals surface area contributed by atoms with Crippen LogP contribution in [0.3, 0.4) is 0 Å².